The molecule has 7 nitrogen and oxygen atoms in total. The van der Waals surface area contributed by atoms with Crippen LogP contribution in [0, 0.1) is 11.6 Å². The zero-order valence-corrected chi connectivity index (χ0v) is 17.5. The van der Waals surface area contributed by atoms with Gasteiger partial charge in [0.1, 0.15) is 24.2 Å². The molecule has 9 heteroatoms. The Labute approximate surface area is 184 Å². The molecular weight excluding hydrogens is 418 g/mol. The van der Waals surface area contributed by atoms with Crippen LogP contribution in [-0.2, 0) is 22.7 Å². The maximum atomic E-state index is 13.5. The number of hydrogen-bond donors (Lipinski definition) is 1. The molecule has 2 heterocycles. The second-order valence-electron chi connectivity index (χ2n) is 7.99. The van der Waals surface area contributed by atoms with Gasteiger partial charge >= 0.3 is 6.03 Å². The number of hydrogen-bond acceptors (Lipinski definition) is 3. The van der Waals surface area contributed by atoms with E-state index in [1.165, 1.54) is 34.1 Å². The first-order chi connectivity index (χ1) is 15.4. The van der Waals surface area contributed by atoms with Crippen molar-refractivity contribution >= 4 is 17.8 Å². The van der Waals surface area contributed by atoms with Crippen LogP contribution in [0.1, 0.15) is 17.5 Å². The lowest BCUT2D eigenvalue weighted by atomic mass is 10.1. The molecule has 0 saturated carbocycles. The maximum absolute atomic E-state index is 13.5. The zero-order chi connectivity index (χ0) is 22.7. The molecule has 1 N–H and O–H groups in total. The number of nitrogens with one attached hydrogen (secondary N) is 1. The molecule has 1 unspecified atom stereocenters. The van der Waals surface area contributed by atoms with Crippen LogP contribution in [-0.4, -0.2) is 64.8 Å². The number of piperazine rings is 1. The predicted molar refractivity (Wildman–Crippen MR) is 112 cm³/mol. The SMILES string of the molecule is O=C(NCc1ccc(F)cc1)N1CCC2C(=O)N(Cc3cccc(F)c3)CC(=O)N2CC1. The average molecular weight is 442 g/mol. The fraction of sp³-hybridized carbons (Fsp3) is 0.348. The summed E-state index contributed by atoms with van der Waals surface area (Å²) in [6, 6.07) is 10.9. The van der Waals surface area contributed by atoms with E-state index in [1.54, 1.807) is 29.2 Å². The third kappa shape index (κ3) is 4.87. The number of carbonyl (C=O) groups excluding carboxylic acids is 3. The fourth-order valence-corrected chi connectivity index (χ4v) is 4.11. The van der Waals surface area contributed by atoms with E-state index >= 15 is 0 Å². The van der Waals surface area contributed by atoms with Gasteiger partial charge < -0.3 is 20.0 Å². The van der Waals surface area contributed by atoms with Gasteiger partial charge in [-0.15, -0.1) is 0 Å². The van der Waals surface area contributed by atoms with Crippen molar-refractivity contribution in [1.82, 2.24) is 20.0 Å². The molecule has 1 atom stereocenters. The van der Waals surface area contributed by atoms with Crippen LogP contribution in [0.4, 0.5) is 13.6 Å². The molecule has 2 saturated heterocycles. The standard InChI is InChI=1S/C23H24F2N4O3/c24-18-6-4-16(5-7-18)13-26-23(32)27-9-8-20-22(31)28(15-21(30)29(20)11-10-27)14-17-2-1-3-19(25)12-17/h1-7,12,20H,8-11,13-15H2,(H,26,32). The van der Waals surface area contributed by atoms with Gasteiger partial charge in [0.15, 0.2) is 0 Å². The van der Waals surface area contributed by atoms with Gasteiger partial charge in [-0.25, -0.2) is 13.6 Å². The van der Waals surface area contributed by atoms with Crippen molar-refractivity contribution in [3.8, 4) is 0 Å². The molecule has 2 aliphatic rings. The van der Waals surface area contributed by atoms with Crippen molar-refractivity contribution in [3.63, 3.8) is 0 Å². The van der Waals surface area contributed by atoms with E-state index in [0.29, 0.717) is 25.1 Å². The molecule has 2 aromatic carbocycles. The largest absolute Gasteiger partial charge is 0.334 e. The first-order valence-corrected chi connectivity index (χ1v) is 10.5. The van der Waals surface area contributed by atoms with Gasteiger partial charge in [-0.3, -0.25) is 9.59 Å². The van der Waals surface area contributed by atoms with Crippen LogP contribution < -0.4 is 5.32 Å². The highest BCUT2D eigenvalue weighted by molar-refractivity contribution is 5.95. The van der Waals surface area contributed by atoms with Crippen molar-refractivity contribution in [3.05, 3.63) is 71.3 Å². The molecule has 4 amide bonds. The Balaban J connectivity index is 1.37. The topological polar surface area (TPSA) is 73.0 Å². The third-order valence-corrected chi connectivity index (χ3v) is 5.81. The minimum Gasteiger partial charge on any atom is -0.334 e. The second-order valence-corrected chi connectivity index (χ2v) is 7.99. The van der Waals surface area contributed by atoms with E-state index in [0.717, 1.165) is 5.56 Å². The summed E-state index contributed by atoms with van der Waals surface area (Å²) in [5.74, 6) is -1.11. The number of halogens is 2. The first-order valence-electron chi connectivity index (χ1n) is 10.5. The van der Waals surface area contributed by atoms with E-state index in [2.05, 4.69) is 5.32 Å². The Kier molecular flexibility index (Phi) is 6.34. The monoisotopic (exact) mass is 442 g/mol. The molecule has 0 aliphatic carbocycles. The van der Waals surface area contributed by atoms with Crippen LogP contribution in [0.15, 0.2) is 48.5 Å². The number of carbonyl (C=O) groups is 3. The van der Waals surface area contributed by atoms with E-state index in [4.69, 9.17) is 0 Å². The number of rotatable bonds is 4. The third-order valence-electron chi connectivity index (χ3n) is 5.81. The molecule has 4 rings (SSSR count). The Morgan fingerprint density at radius 2 is 1.75 bits per heavy atom. The van der Waals surface area contributed by atoms with E-state index < -0.39 is 11.9 Å². The molecule has 0 bridgehead atoms. The van der Waals surface area contributed by atoms with Crippen LogP contribution >= 0.6 is 0 Å². The molecular formula is C23H24F2N4O3. The lowest BCUT2D eigenvalue weighted by molar-refractivity contribution is -0.156. The highest BCUT2D eigenvalue weighted by Gasteiger charge is 2.41. The van der Waals surface area contributed by atoms with Crippen LogP contribution in [0.25, 0.3) is 0 Å². The van der Waals surface area contributed by atoms with Gasteiger partial charge in [-0.2, -0.15) is 0 Å². The van der Waals surface area contributed by atoms with Crippen molar-refractivity contribution < 1.29 is 23.2 Å². The molecule has 2 aromatic rings. The quantitative estimate of drug-likeness (QED) is 0.789. The van der Waals surface area contributed by atoms with Crippen LogP contribution in [0.3, 0.4) is 0 Å². The Morgan fingerprint density at radius 1 is 0.969 bits per heavy atom. The van der Waals surface area contributed by atoms with Gasteiger partial charge in [0.25, 0.3) is 0 Å². The number of benzene rings is 2. The van der Waals surface area contributed by atoms with Gasteiger partial charge in [-0.05, 0) is 41.8 Å². The normalized spacial score (nSPS) is 18.9. The molecule has 2 aliphatic heterocycles. The van der Waals surface area contributed by atoms with Gasteiger partial charge in [-0.1, -0.05) is 24.3 Å². The highest BCUT2D eigenvalue weighted by Crippen LogP contribution is 2.21. The molecule has 2 fully saturated rings. The number of amides is 4. The van der Waals surface area contributed by atoms with Crippen molar-refractivity contribution in [2.75, 3.05) is 26.2 Å². The van der Waals surface area contributed by atoms with E-state index in [-0.39, 0.29) is 49.8 Å². The summed E-state index contributed by atoms with van der Waals surface area (Å²) in [5, 5.41) is 2.80. The summed E-state index contributed by atoms with van der Waals surface area (Å²) < 4.78 is 26.5. The maximum Gasteiger partial charge on any atom is 0.317 e. The second kappa shape index (κ2) is 9.33. The van der Waals surface area contributed by atoms with Crippen molar-refractivity contribution in [2.45, 2.75) is 25.6 Å². The number of fused-ring (bicyclic) bond motifs is 1. The number of urea groups is 1. The minimum atomic E-state index is -0.639. The van der Waals surface area contributed by atoms with E-state index in [9.17, 15) is 23.2 Å². The first kappa shape index (κ1) is 21.7. The number of nitrogens with zero attached hydrogens (tertiary/aromatic N) is 3. The average Bonchev–Trinajstić information content (AvgIpc) is 3.01. The molecule has 0 radical (unpaired) electrons. The Morgan fingerprint density at radius 3 is 2.50 bits per heavy atom. The molecule has 168 valence electrons. The van der Waals surface area contributed by atoms with Gasteiger partial charge in [0.05, 0.1) is 0 Å². The van der Waals surface area contributed by atoms with E-state index in [1.807, 2.05) is 0 Å². The van der Waals surface area contributed by atoms with Gasteiger partial charge in [0, 0.05) is 32.7 Å². The molecule has 32 heavy (non-hydrogen) atoms. The predicted octanol–water partition coefficient (Wildman–Crippen LogP) is 2.12. The van der Waals surface area contributed by atoms with Crippen molar-refractivity contribution in [2.24, 2.45) is 0 Å². The van der Waals surface area contributed by atoms with Crippen LogP contribution in [0.2, 0.25) is 0 Å². The summed E-state index contributed by atoms with van der Waals surface area (Å²) in [5.41, 5.74) is 1.39. The zero-order valence-electron chi connectivity index (χ0n) is 17.5. The lowest BCUT2D eigenvalue weighted by Crippen LogP contribution is -2.59. The van der Waals surface area contributed by atoms with Crippen LogP contribution in [0.5, 0.6) is 0 Å². The fourth-order valence-electron chi connectivity index (χ4n) is 4.11. The summed E-state index contributed by atoms with van der Waals surface area (Å²) in [4.78, 5) is 42.9. The van der Waals surface area contributed by atoms with Crippen molar-refractivity contribution in [1.29, 1.82) is 0 Å². The summed E-state index contributed by atoms with van der Waals surface area (Å²) in [6.45, 7) is 1.25. The summed E-state index contributed by atoms with van der Waals surface area (Å²) in [7, 11) is 0. The minimum absolute atomic E-state index is 0.0669. The smallest absolute Gasteiger partial charge is 0.317 e. The summed E-state index contributed by atoms with van der Waals surface area (Å²) in [6.07, 6.45) is 0.328. The molecule has 0 spiro atoms. The highest BCUT2D eigenvalue weighted by atomic mass is 19.1. The Bertz CT molecular complexity index is 1010. The van der Waals surface area contributed by atoms with Gasteiger partial charge in [0.2, 0.25) is 11.8 Å². The Hall–Kier alpha value is -3.49. The lowest BCUT2D eigenvalue weighted by Gasteiger charge is -2.39. The summed E-state index contributed by atoms with van der Waals surface area (Å²) >= 11 is 0. The molecule has 0 aromatic heterocycles.